The normalized spacial score (nSPS) is 22.7. The van der Waals surface area contributed by atoms with Gasteiger partial charge in [0.05, 0.1) is 36.2 Å². The zero-order valence-corrected chi connectivity index (χ0v) is 16.1. The summed E-state index contributed by atoms with van der Waals surface area (Å²) in [6, 6.07) is 0.819. The Balaban J connectivity index is 1.58. The number of carbonyl (C=O) groups is 1. The van der Waals surface area contributed by atoms with Crippen LogP contribution in [0.5, 0.6) is 5.75 Å². The molecular weight excluding hydrogens is 441 g/mol. The zero-order valence-electron chi connectivity index (χ0n) is 15.4. The van der Waals surface area contributed by atoms with E-state index in [-0.39, 0.29) is 22.7 Å². The highest BCUT2D eigenvalue weighted by Gasteiger charge is 2.47. The second-order valence-electron chi connectivity index (χ2n) is 6.44. The Bertz CT molecular complexity index is 1100. The molecule has 2 aliphatic heterocycles. The summed E-state index contributed by atoms with van der Waals surface area (Å²) in [4.78, 5) is 22.9. The highest BCUT2D eigenvalue weighted by molar-refractivity contribution is 6.22. The summed E-state index contributed by atoms with van der Waals surface area (Å²) >= 11 is 6.27. The molecular formula is C17H12ClF3N8O2. The molecule has 1 N–H and O–H groups in total. The summed E-state index contributed by atoms with van der Waals surface area (Å²) in [5, 5.41) is 18.8. The fourth-order valence-electron chi connectivity index (χ4n) is 2.99. The van der Waals surface area contributed by atoms with Crippen molar-refractivity contribution < 1.29 is 22.7 Å². The molecule has 31 heavy (non-hydrogen) atoms. The Morgan fingerprint density at radius 1 is 1.32 bits per heavy atom. The summed E-state index contributed by atoms with van der Waals surface area (Å²) in [5.41, 5.74) is -0.112. The second kappa shape index (κ2) is 7.88. The van der Waals surface area contributed by atoms with Gasteiger partial charge in [0.15, 0.2) is 11.9 Å². The monoisotopic (exact) mass is 452 g/mol. The van der Waals surface area contributed by atoms with Crippen molar-refractivity contribution in [1.29, 1.82) is 5.26 Å². The smallest absolute Gasteiger partial charge is 0.427 e. The number of fused-ring (bicyclic) bond motifs is 1. The summed E-state index contributed by atoms with van der Waals surface area (Å²) in [7, 11) is 0. The molecule has 0 saturated carbocycles. The van der Waals surface area contributed by atoms with E-state index >= 15 is 0 Å². The molecule has 4 heterocycles. The third kappa shape index (κ3) is 4.02. The molecule has 2 aliphatic rings. The van der Waals surface area contributed by atoms with Gasteiger partial charge >= 0.3 is 12.2 Å². The molecule has 0 saturated heterocycles. The lowest BCUT2D eigenvalue weighted by Gasteiger charge is -2.35. The molecule has 2 unspecified atom stereocenters. The maximum atomic E-state index is 13.3. The Morgan fingerprint density at radius 3 is 2.71 bits per heavy atom. The van der Waals surface area contributed by atoms with Crippen LogP contribution in [-0.2, 0) is 0 Å². The van der Waals surface area contributed by atoms with Crippen LogP contribution < -0.4 is 15.0 Å². The fourth-order valence-corrected chi connectivity index (χ4v) is 3.30. The van der Waals surface area contributed by atoms with Gasteiger partial charge in [-0.1, -0.05) is 0 Å². The van der Waals surface area contributed by atoms with Gasteiger partial charge in [-0.15, -0.1) is 11.6 Å². The minimum atomic E-state index is -4.76. The highest BCUT2D eigenvalue weighted by Crippen LogP contribution is 2.39. The van der Waals surface area contributed by atoms with Crippen LogP contribution >= 0.6 is 11.6 Å². The molecule has 0 fully saturated rings. The van der Waals surface area contributed by atoms with Crippen molar-refractivity contribution in [3.8, 4) is 11.8 Å². The van der Waals surface area contributed by atoms with E-state index in [0.29, 0.717) is 0 Å². The van der Waals surface area contributed by atoms with Gasteiger partial charge in [0.25, 0.3) is 0 Å². The predicted molar refractivity (Wildman–Crippen MR) is 101 cm³/mol. The molecule has 4 rings (SSSR count). The summed E-state index contributed by atoms with van der Waals surface area (Å²) in [6.45, 7) is -0.826. The number of urea groups is 1. The van der Waals surface area contributed by atoms with Gasteiger partial charge in [0, 0.05) is 12.4 Å². The average molecular weight is 453 g/mol. The van der Waals surface area contributed by atoms with Crippen molar-refractivity contribution in [1.82, 2.24) is 25.3 Å². The Labute approximate surface area is 177 Å². The molecule has 160 valence electrons. The van der Waals surface area contributed by atoms with Crippen LogP contribution in [0.1, 0.15) is 11.7 Å². The predicted octanol–water partition coefficient (Wildman–Crippen LogP) is 2.16. The molecule has 14 heteroatoms. The Hall–Kier alpha value is -3.66. The fraction of sp³-hybridized carbons (Fsp3) is 0.294. The summed E-state index contributed by atoms with van der Waals surface area (Å²) in [6.07, 6.45) is 0.172. The number of allylic oxidation sites excluding steroid dienone is 1. The molecule has 2 aromatic rings. The van der Waals surface area contributed by atoms with E-state index < -0.39 is 36.4 Å². The van der Waals surface area contributed by atoms with Gasteiger partial charge in [0.2, 0.25) is 6.10 Å². The highest BCUT2D eigenvalue weighted by atomic mass is 35.5. The lowest BCUT2D eigenvalue weighted by Crippen LogP contribution is -2.53. The molecule has 3 atom stereocenters. The lowest BCUT2D eigenvalue weighted by atomic mass is 10.1. The van der Waals surface area contributed by atoms with Gasteiger partial charge in [-0.25, -0.2) is 4.79 Å². The first-order chi connectivity index (χ1) is 14.8. The first-order valence-corrected chi connectivity index (χ1v) is 9.16. The van der Waals surface area contributed by atoms with Gasteiger partial charge in [-0.05, 0) is 6.08 Å². The molecule has 10 nitrogen and oxygen atoms in total. The third-order valence-electron chi connectivity index (χ3n) is 4.42. The average Bonchev–Trinajstić information content (AvgIpc) is 3.26. The number of aliphatic imine (C=N–C) groups is 1. The van der Waals surface area contributed by atoms with E-state index in [4.69, 9.17) is 16.3 Å². The number of amides is 2. The summed E-state index contributed by atoms with van der Waals surface area (Å²) < 4.78 is 45.0. The van der Waals surface area contributed by atoms with Crippen molar-refractivity contribution in [2.24, 2.45) is 4.99 Å². The van der Waals surface area contributed by atoms with Gasteiger partial charge in [-0.2, -0.15) is 33.4 Å². The van der Waals surface area contributed by atoms with Crippen molar-refractivity contribution in [2.75, 3.05) is 11.4 Å². The van der Waals surface area contributed by atoms with Crippen molar-refractivity contribution >= 4 is 29.5 Å². The van der Waals surface area contributed by atoms with Crippen LogP contribution in [0.4, 0.5) is 23.7 Å². The number of carbonyl (C=O) groups excluding carboxylic acids is 1. The van der Waals surface area contributed by atoms with Gasteiger partial charge < -0.3 is 10.1 Å². The van der Waals surface area contributed by atoms with E-state index in [9.17, 15) is 23.2 Å². The molecule has 2 aromatic heterocycles. The van der Waals surface area contributed by atoms with E-state index in [1.54, 1.807) is 6.07 Å². The Kier molecular flexibility index (Phi) is 5.24. The first kappa shape index (κ1) is 20.6. The minimum Gasteiger partial charge on any atom is -0.475 e. The van der Waals surface area contributed by atoms with E-state index in [0.717, 1.165) is 17.3 Å². The number of hydrogen-bond donors (Lipinski definition) is 1. The van der Waals surface area contributed by atoms with Crippen molar-refractivity contribution in [2.45, 2.75) is 23.8 Å². The van der Waals surface area contributed by atoms with Gasteiger partial charge in [-0.3, -0.25) is 14.9 Å². The SMILES string of the molecule is N#Cc1cncc2c1OC(C(F)(F)F)CN2C(=O)NC1=C[C@H](Cl)C(n2nccn2)N=C1. The van der Waals surface area contributed by atoms with E-state index in [2.05, 4.69) is 25.5 Å². The van der Waals surface area contributed by atoms with Crippen LogP contribution in [0, 0.1) is 11.3 Å². The molecule has 0 aromatic carbocycles. The van der Waals surface area contributed by atoms with Crippen LogP contribution in [-0.4, -0.2) is 56.4 Å². The zero-order chi connectivity index (χ0) is 22.2. The third-order valence-corrected chi connectivity index (χ3v) is 4.77. The molecule has 2 amide bonds. The molecule has 0 spiro atoms. The van der Waals surface area contributed by atoms with E-state index in [1.807, 2.05) is 0 Å². The topological polar surface area (TPSA) is 121 Å². The quantitative estimate of drug-likeness (QED) is 0.697. The minimum absolute atomic E-state index is 0.0635. The number of nitrogens with zero attached hydrogens (tertiary/aromatic N) is 7. The molecule has 0 aliphatic carbocycles. The number of hydrogen-bond acceptors (Lipinski definition) is 7. The number of dihydropyridines is 1. The van der Waals surface area contributed by atoms with Crippen molar-refractivity contribution in [3.63, 3.8) is 0 Å². The number of ether oxygens (including phenoxy) is 1. The number of rotatable bonds is 2. The standard InChI is InChI=1S/C17H12ClF3N8O2/c18-11-3-10(6-24-15(11)29-25-1-2-26-29)27-16(30)28-8-13(17(19,20)21)31-14-9(4-22)5-23-7-12(14)28/h1-3,5-7,11,13,15H,8H2,(H,27,30)/t11-,13?,15?/m0/s1. The van der Waals surface area contributed by atoms with Gasteiger partial charge in [0.1, 0.15) is 17.3 Å². The van der Waals surface area contributed by atoms with Crippen molar-refractivity contribution in [3.05, 3.63) is 42.1 Å². The van der Waals surface area contributed by atoms with E-state index in [1.165, 1.54) is 29.5 Å². The lowest BCUT2D eigenvalue weighted by molar-refractivity contribution is -0.193. The number of nitriles is 1. The Morgan fingerprint density at radius 2 is 2.06 bits per heavy atom. The first-order valence-electron chi connectivity index (χ1n) is 8.73. The number of anilines is 1. The number of nitrogens with one attached hydrogen (secondary N) is 1. The number of aromatic nitrogens is 4. The number of pyridine rings is 1. The second-order valence-corrected chi connectivity index (χ2v) is 6.95. The van der Waals surface area contributed by atoms with Crippen LogP contribution in [0.15, 0.2) is 41.6 Å². The maximum absolute atomic E-state index is 13.3. The molecule has 0 bridgehead atoms. The van der Waals surface area contributed by atoms with Crippen LogP contribution in [0.2, 0.25) is 0 Å². The number of alkyl halides is 4. The molecule has 0 radical (unpaired) electrons. The largest absolute Gasteiger partial charge is 0.475 e. The van der Waals surface area contributed by atoms with Crippen LogP contribution in [0.25, 0.3) is 0 Å². The maximum Gasteiger partial charge on any atom is 0.427 e. The van der Waals surface area contributed by atoms with Crippen LogP contribution in [0.3, 0.4) is 0 Å². The number of halogens is 4. The summed E-state index contributed by atoms with van der Waals surface area (Å²) in [5.74, 6) is -0.368.